The molecule has 0 spiro atoms. The number of nitrogens with zero attached hydrogens (tertiary/aromatic N) is 3. The Balaban J connectivity index is 2.00. The van der Waals surface area contributed by atoms with E-state index in [4.69, 9.17) is 30.5 Å². The minimum Gasteiger partial charge on any atom is -0.493 e. The number of ether oxygens (including phenoxy) is 4. The molecule has 1 aliphatic heterocycles. The van der Waals surface area contributed by atoms with Crippen LogP contribution < -0.4 is 9.47 Å². The molecule has 2 atom stereocenters. The third-order valence-electron chi connectivity index (χ3n) is 5.50. The number of hydrogen-bond acceptors (Lipinski definition) is 7. The SMILES string of the molecule is CCOC(=O)C[C@H]1O[C@H](c2cccc(OC)c2OCC)c2cc(Cl)ccc2-n2c1nnc2C(F)(F)F. The van der Waals surface area contributed by atoms with Gasteiger partial charge in [0.1, 0.15) is 12.2 Å². The molecule has 2 heterocycles. The summed E-state index contributed by atoms with van der Waals surface area (Å²) < 4.78 is 65.5. The third-order valence-corrected chi connectivity index (χ3v) is 5.74. The van der Waals surface area contributed by atoms with Crippen molar-refractivity contribution in [2.45, 2.75) is 38.7 Å². The van der Waals surface area contributed by atoms with Gasteiger partial charge in [-0.25, -0.2) is 0 Å². The molecule has 192 valence electrons. The first-order valence-electron chi connectivity index (χ1n) is 11.1. The second-order valence-corrected chi connectivity index (χ2v) is 8.18. The van der Waals surface area contributed by atoms with E-state index in [2.05, 4.69) is 10.2 Å². The van der Waals surface area contributed by atoms with E-state index in [0.717, 1.165) is 4.57 Å². The van der Waals surface area contributed by atoms with Crippen molar-refractivity contribution in [2.24, 2.45) is 0 Å². The summed E-state index contributed by atoms with van der Waals surface area (Å²) in [6.07, 6.45) is -7.46. The Kier molecular flexibility index (Phi) is 7.41. The number of benzene rings is 2. The second kappa shape index (κ2) is 10.4. The maximum absolute atomic E-state index is 14.0. The van der Waals surface area contributed by atoms with Crippen LogP contribution in [0.5, 0.6) is 11.5 Å². The number of methoxy groups -OCH3 is 1. The Bertz CT molecular complexity index is 1260. The summed E-state index contributed by atoms with van der Waals surface area (Å²) in [6, 6.07) is 9.51. The minimum absolute atomic E-state index is 0.0929. The summed E-state index contributed by atoms with van der Waals surface area (Å²) in [5.74, 6) is -1.36. The third kappa shape index (κ3) is 4.85. The van der Waals surface area contributed by atoms with Crippen LogP contribution in [0.4, 0.5) is 13.2 Å². The Morgan fingerprint density at radius 2 is 1.92 bits per heavy atom. The molecule has 0 amide bonds. The maximum Gasteiger partial charge on any atom is 0.452 e. The Morgan fingerprint density at radius 1 is 1.14 bits per heavy atom. The van der Waals surface area contributed by atoms with E-state index < -0.39 is 36.6 Å². The number of hydrogen-bond donors (Lipinski definition) is 0. The normalized spacial score (nSPS) is 17.1. The van der Waals surface area contributed by atoms with Crippen molar-refractivity contribution in [1.29, 1.82) is 0 Å². The van der Waals surface area contributed by atoms with Crippen molar-refractivity contribution < 1.29 is 36.9 Å². The van der Waals surface area contributed by atoms with E-state index in [1.165, 1.54) is 25.3 Å². The summed E-state index contributed by atoms with van der Waals surface area (Å²) in [4.78, 5) is 12.4. The molecule has 2 aromatic carbocycles. The zero-order valence-electron chi connectivity index (χ0n) is 19.6. The zero-order valence-corrected chi connectivity index (χ0v) is 20.4. The van der Waals surface area contributed by atoms with E-state index in [1.54, 1.807) is 32.0 Å². The fourth-order valence-electron chi connectivity index (χ4n) is 4.11. The van der Waals surface area contributed by atoms with Gasteiger partial charge >= 0.3 is 12.1 Å². The molecule has 0 saturated carbocycles. The first-order chi connectivity index (χ1) is 17.2. The highest BCUT2D eigenvalue weighted by molar-refractivity contribution is 6.30. The monoisotopic (exact) mass is 525 g/mol. The Labute approximate surface area is 209 Å². The van der Waals surface area contributed by atoms with Crippen LogP contribution in [-0.2, 0) is 20.4 Å². The van der Waals surface area contributed by atoms with Gasteiger partial charge in [0, 0.05) is 16.1 Å². The zero-order chi connectivity index (χ0) is 26.0. The number of para-hydroxylation sites is 1. The van der Waals surface area contributed by atoms with Crippen LogP contribution in [0.1, 0.15) is 55.3 Å². The van der Waals surface area contributed by atoms with E-state index in [9.17, 15) is 18.0 Å². The highest BCUT2D eigenvalue weighted by Gasteiger charge is 2.44. The first-order valence-corrected chi connectivity index (χ1v) is 11.5. The van der Waals surface area contributed by atoms with Crippen LogP contribution in [0.3, 0.4) is 0 Å². The number of carbonyl (C=O) groups excluding carboxylic acids is 1. The van der Waals surface area contributed by atoms with Crippen LogP contribution in [0.2, 0.25) is 5.02 Å². The van der Waals surface area contributed by atoms with Crippen molar-refractivity contribution in [3.05, 3.63) is 64.2 Å². The summed E-state index contributed by atoms with van der Waals surface area (Å²) in [7, 11) is 1.47. The number of fused-ring (bicyclic) bond motifs is 3. The van der Waals surface area contributed by atoms with Gasteiger partial charge in [0.05, 0.1) is 32.4 Å². The van der Waals surface area contributed by atoms with Gasteiger partial charge in [0.15, 0.2) is 17.3 Å². The van der Waals surface area contributed by atoms with Gasteiger partial charge < -0.3 is 18.9 Å². The average molecular weight is 526 g/mol. The van der Waals surface area contributed by atoms with Crippen LogP contribution in [0.15, 0.2) is 36.4 Å². The van der Waals surface area contributed by atoms with Crippen LogP contribution in [0, 0.1) is 0 Å². The van der Waals surface area contributed by atoms with Gasteiger partial charge in [-0.1, -0.05) is 23.7 Å². The number of carbonyl (C=O) groups is 1. The van der Waals surface area contributed by atoms with E-state index in [0.29, 0.717) is 29.2 Å². The predicted molar refractivity (Wildman–Crippen MR) is 122 cm³/mol. The molecule has 1 aromatic heterocycles. The molecule has 3 aromatic rings. The van der Waals surface area contributed by atoms with Gasteiger partial charge in [-0.3, -0.25) is 9.36 Å². The van der Waals surface area contributed by atoms with Gasteiger partial charge in [-0.15, -0.1) is 10.2 Å². The van der Waals surface area contributed by atoms with E-state index >= 15 is 0 Å². The summed E-state index contributed by atoms with van der Waals surface area (Å²) >= 11 is 6.29. The fraction of sp³-hybridized carbons (Fsp3) is 0.375. The van der Waals surface area contributed by atoms with Crippen molar-refractivity contribution in [3.8, 4) is 17.2 Å². The highest BCUT2D eigenvalue weighted by Crippen LogP contribution is 2.47. The fourth-order valence-corrected chi connectivity index (χ4v) is 4.29. The molecule has 0 unspecified atom stereocenters. The Morgan fingerprint density at radius 3 is 2.58 bits per heavy atom. The quantitative estimate of drug-likeness (QED) is 0.379. The molecule has 36 heavy (non-hydrogen) atoms. The minimum atomic E-state index is -4.83. The van der Waals surface area contributed by atoms with Gasteiger partial charge in [-0.05, 0) is 38.1 Å². The van der Waals surface area contributed by atoms with Gasteiger partial charge in [0.2, 0.25) is 5.82 Å². The summed E-state index contributed by atoms with van der Waals surface area (Å²) in [6.45, 7) is 3.80. The largest absolute Gasteiger partial charge is 0.493 e. The molecule has 4 rings (SSSR count). The van der Waals surface area contributed by atoms with Crippen molar-refractivity contribution in [2.75, 3.05) is 20.3 Å². The summed E-state index contributed by atoms with van der Waals surface area (Å²) in [5, 5.41) is 7.45. The van der Waals surface area contributed by atoms with Gasteiger partial charge in [-0.2, -0.15) is 13.2 Å². The number of halogens is 4. The van der Waals surface area contributed by atoms with Crippen LogP contribution in [0.25, 0.3) is 5.69 Å². The van der Waals surface area contributed by atoms with Crippen molar-refractivity contribution in [3.63, 3.8) is 0 Å². The molecule has 8 nitrogen and oxygen atoms in total. The lowest BCUT2D eigenvalue weighted by atomic mass is 9.98. The maximum atomic E-state index is 14.0. The van der Waals surface area contributed by atoms with Gasteiger partial charge in [0.25, 0.3) is 0 Å². The second-order valence-electron chi connectivity index (χ2n) is 7.74. The van der Waals surface area contributed by atoms with E-state index in [-0.39, 0.29) is 23.1 Å². The molecule has 0 fully saturated rings. The molecular formula is C24H23ClF3N3O5. The number of aromatic nitrogens is 3. The lowest BCUT2D eigenvalue weighted by molar-refractivity contribution is -0.147. The Hall–Kier alpha value is -3.31. The highest BCUT2D eigenvalue weighted by atomic mass is 35.5. The van der Waals surface area contributed by atoms with Crippen LogP contribution >= 0.6 is 11.6 Å². The molecule has 0 radical (unpaired) electrons. The van der Waals surface area contributed by atoms with Crippen molar-refractivity contribution >= 4 is 17.6 Å². The molecule has 1 aliphatic rings. The molecule has 0 N–H and O–H groups in total. The number of alkyl halides is 3. The van der Waals surface area contributed by atoms with E-state index in [1.807, 2.05) is 0 Å². The summed E-state index contributed by atoms with van der Waals surface area (Å²) in [5.41, 5.74) is 0.879. The molecule has 0 aliphatic carbocycles. The first kappa shape index (κ1) is 25.8. The number of esters is 1. The predicted octanol–water partition coefficient (Wildman–Crippen LogP) is 5.46. The standard InChI is InChI=1S/C24H23ClF3N3O5/c1-4-34-19(32)12-18-22-29-30-23(24(26,27)28)31(22)16-10-9-13(25)11-15(16)20(36-18)14-7-6-8-17(33-3)21(14)35-5-2/h6-11,18,20H,4-5,12H2,1-3H3/t18-,20-/m1/s1. The molecule has 0 bridgehead atoms. The topological polar surface area (TPSA) is 84.7 Å². The molecular weight excluding hydrogens is 503 g/mol. The molecule has 0 saturated heterocycles. The number of rotatable bonds is 7. The lowest BCUT2D eigenvalue weighted by Gasteiger charge is -2.25. The average Bonchev–Trinajstić information content (AvgIpc) is 3.23. The van der Waals surface area contributed by atoms with Crippen LogP contribution in [-0.4, -0.2) is 41.1 Å². The lowest BCUT2D eigenvalue weighted by Crippen LogP contribution is -2.18. The smallest absolute Gasteiger partial charge is 0.452 e. The van der Waals surface area contributed by atoms with Crippen molar-refractivity contribution in [1.82, 2.24) is 14.8 Å². The molecule has 12 heteroatoms.